The Morgan fingerprint density at radius 2 is 1.90 bits per heavy atom. The van der Waals surface area contributed by atoms with Gasteiger partial charge in [-0.25, -0.2) is 8.78 Å². The molecule has 0 radical (unpaired) electrons. The molecular weight excluding hydrogens is 404 g/mol. The van der Waals surface area contributed by atoms with Crippen LogP contribution < -0.4 is 10.3 Å². The summed E-state index contributed by atoms with van der Waals surface area (Å²) in [5.74, 6) is -2.32. The minimum Gasteiger partial charge on any atom is -0.450 e. The Morgan fingerprint density at radius 1 is 1.16 bits per heavy atom. The fourth-order valence-corrected chi connectivity index (χ4v) is 3.64. The molecule has 0 unspecified atom stereocenters. The topological polar surface area (TPSA) is 77.0 Å². The smallest absolute Gasteiger partial charge is 0.277 e. The summed E-state index contributed by atoms with van der Waals surface area (Å²) in [7, 11) is 1.57. The third-order valence-corrected chi connectivity index (χ3v) is 5.38. The van der Waals surface area contributed by atoms with Crippen LogP contribution in [0, 0.1) is 11.6 Å². The van der Waals surface area contributed by atoms with Gasteiger partial charge in [-0.15, -0.1) is 0 Å². The summed E-state index contributed by atoms with van der Waals surface area (Å²) in [6.45, 7) is 0. The van der Waals surface area contributed by atoms with Crippen LogP contribution in [-0.4, -0.2) is 20.5 Å². The second-order valence-corrected chi connectivity index (χ2v) is 7.56. The van der Waals surface area contributed by atoms with E-state index < -0.39 is 23.2 Å². The molecule has 0 bridgehead atoms. The van der Waals surface area contributed by atoms with E-state index in [9.17, 15) is 18.4 Å². The zero-order chi connectivity index (χ0) is 21.7. The van der Waals surface area contributed by atoms with Crippen molar-refractivity contribution in [2.75, 3.05) is 0 Å². The molecule has 1 N–H and O–H groups in total. The van der Waals surface area contributed by atoms with Gasteiger partial charge in [0.15, 0.2) is 17.4 Å². The molecule has 0 spiro atoms. The van der Waals surface area contributed by atoms with E-state index in [4.69, 9.17) is 4.74 Å². The molecule has 1 saturated carbocycles. The third kappa shape index (κ3) is 3.30. The summed E-state index contributed by atoms with van der Waals surface area (Å²) >= 11 is 0. The lowest BCUT2D eigenvalue weighted by atomic mass is 10.00. The third-order valence-electron chi connectivity index (χ3n) is 5.38. The molecule has 156 valence electrons. The molecule has 0 atom stereocenters. The van der Waals surface area contributed by atoms with E-state index in [0.717, 1.165) is 25.0 Å². The van der Waals surface area contributed by atoms with E-state index in [-0.39, 0.29) is 28.4 Å². The first-order valence-electron chi connectivity index (χ1n) is 9.78. The van der Waals surface area contributed by atoms with Crippen LogP contribution in [0.25, 0.3) is 10.9 Å². The molecule has 0 aliphatic heterocycles. The van der Waals surface area contributed by atoms with Gasteiger partial charge in [-0.2, -0.15) is 0 Å². The molecule has 4 aromatic rings. The van der Waals surface area contributed by atoms with Crippen LogP contribution in [-0.2, 0) is 7.05 Å². The predicted octanol–water partition coefficient (Wildman–Crippen LogP) is 4.44. The Hall–Kier alpha value is -3.81. The largest absolute Gasteiger partial charge is 0.450 e. The fraction of sp³-hybridized carbons (Fsp3) is 0.174. The van der Waals surface area contributed by atoms with Gasteiger partial charge in [-0.1, -0.05) is 6.07 Å². The number of rotatable bonds is 5. The van der Waals surface area contributed by atoms with Crippen LogP contribution in [0.1, 0.15) is 40.4 Å². The van der Waals surface area contributed by atoms with Gasteiger partial charge in [-0.3, -0.25) is 24.4 Å². The highest BCUT2D eigenvalue weighted by Crippen LogP contribution is 2.40. The van der Waals surface area contributed by atoms with Crippen LogP contribution in [0.15, 0.2) is 53.5 Å². The monoisotopic (exact) mass is 421 g/mol. The molecule has 0 saturated heterocycles. The van der Waals surface area contributed by atoms with Gasteiger partial charge < -0.3 is 4.74 Å². The van der Waals surface area contributed by atoms with Crippen molar-refractivity contribution < 1.29 is 18.3 Å². The molecular formula is C23H17F2N3O3. The predicted molar refractivity (Wildman–Crippen MR) is 110 cm³/mol. The van der Waals surface area contributed by atoms with Crippen molar-refractivity contribution >= 4 is 16.7 Å². The first-order chi connectivity index (χ1) is 14.9. The van der Waals surface area contributed by atoms with Gasteiger partial charge in [0.05, 0.1) is 11.2 Å². The van der Waals surface area contributed by atoms with E-state index in [1.54, 1.807) is 19.2 Å². The number of nitrogens with one attached hydrogen (secondary N) is 1. The number of hydrogen-bond acceptors (Lipinski definition) is 4. The maximum atomic E-state index is 14.1. The molecule has 5 rings (SSSR count). The number of carbonyl (C=O) groups excluding carboxylic acids is 1. The number of fused-ring (bicyclic) bond motifs is 1. The summed E-state index contributed by atoms with van der Waals surface area (Å²) < 4.78 is 34.9. The van der Waals surface area contributed by atoms with E-state index in [0.29, 0.717) is 16.6 Å². The van der Waals surface area contributed by atoms with Crippen LogP contribution in [0.2, 0.25) is 0 Å². The highest BCUT2D eigenvalue weighted by molar-refractivity contribution is 6.11. The number of ketones is 1. The Bertz CT molecular complexity index is 1380. The number of aromatic amines is 1. The van der Waals surface area contributed by atoms with Crippen molar-refractivity contribution in [1.29, 1.82) is 0 Å². The number of aryl methyl sites for hydroxylation is 1. The van der Waals surface area contributed by atoms with Gasteiger partial charge >= 0.3 is 0 Å². The first kappa shape index (κ1) is 19.2. The lowest BCUT2D eigenvalue weighted by Gasteiger charge is -2.11. The van der Waals surface area contributed by atoms with Gasteiger partial charge in [0.2, 0.25) is 5.78 Å². The zero-order valence-corrected chi connectivity index (χ0v) is 16.5. The van der Waals surface area contributed by atoms with E-state index in [1.807, 2.05) is 0 Å². The number of pyridine rings is 1. The molecule has 2 aromatic heterocycles. The van der Waals surface area contributed by atoms with Crippen molar-refractivity contribution in [2.45, 2.75) is 18.8 Å². The molecule has 6 nitrogen and oxygen atoms in total. The SMILES string of the molecule is Cn1[nH]c(C2CC2)c(C(=O)c2ccc3nccc(Oc4c(F)cccc4F)c3c2)c1=O. The molecule has 1 aliphatic rings. The fourth-order valence-electron chi connectivity index (χ4n) is 3.64. The zero-order valence-electron chi connectivity index (χ0n) is 16.5. The number of aromatic nitrogens is 3. The second kappa shape index (κ2) is 7.16. The minimum absolute atomic E-state index is 0.121. The Morgan fingerprint density at radius 3 is 2.61 bits per heavy atom. The van der Waals surface area contributed by atoms with Crippen molar-refractivity contribution in [3.05, 3.63) is 87.5 Å². The Kier molecular flexibility index (Phi) is 4.43. The summed E-state index contributed by atoms with van der Waals surface area (Å²) in [4.78, 5) is 30.0. The number of halogens is 2. The number of H-pyrrole nitrogens is 1. The summed E-state index contributed by atoms with van der Waals surface area (Å²) in [5, 5.41) is 3.38. The molecule has 1 aliphatic carbocycles. The normalized spacial score (nSPS) is 13.5. The number of carbonyl (C=O) groups is 1. The average molecular weight is 421 g/mol. The molecule has 2 heterocycles. The maximum absolute atomic E-state index is 14.1. The van der Waals surface area contributed by atoms with E-state index in [1.165, 1.54) is 29.1 Å². The Labute approximate surface area is 175 Å². The number of para-hydroxylation sites is 1. The highest BCUT2D eigenvalue weighted by Gasteiger charge is 2.33. The lowest BCUT2D eigenvalue weighted by Crippen LogP contribution is -2.19. The van der Waals surface area contributed by atoms with Crippen LogP contribution >= 0.6 is 0 Å². The van der Waals surface area contributed by atoms with Gasteiger partial charge in [0.25, 0.3) is 5.56 Å². The number of nitrogens with zero attached hydrogens (tertiary/aromatic N) is 2. The van der Waals surface area contributed by atoms with E-state index >= 15 is 0 Å². The number of hydrogen-bond donors (Lipinski definition) is 1. The first-order valence-corrected chi connectivity index (χ1v) is 9.78. The van der Waals surface area contributed by atoms with E-state index in [2.05, 4.69) is 10.1 Å². The van der Waals surface area contributed by atoms with Gasteiger partial charge in [-0.05, 0) is 49.2 Å². The summed E-state index contributed by atoms with van der Waals surface area (Å²) in [5.41, 5.74) is 1.13. The highest BCUT2D eigenvalue weighted by atomic mass is 19.1. The van der Waals surface area contributed by atoms with Crippen LogP contribution in [0.4, 0.5) is 8.78 Å². The number of benzene rings is 2. The van der Waals surface area contributed by atoms with Gasteiger partial charge in [0.1, 0.15) is 11.3 Å². The standard InChI is InChI=1S/C23H17F2N3O3/c1-28-23(30)19(20(27-28)12-5-6-12)21(29)13-7-8-17-14(11-13)18(9-10-26-17)31-22-15(24)3-2-4-16(22)25/h2-4,7-12,27H,5-6H2,1H3. The van der Waals surface area contributed by atoms with Crippen molar-refractivity contribution in [3.63, 3.8) is 0 Å². The second-order valence-electron chi connectivity index (χ2n) is 7.56. The quantitative estimate of drug-likeness (QED) is 0.484. The molecule has 8 heteroatoms. The molecule has 31 heavy (non-hydrogen) atoms. The van der Waals surface area contributed by atoms with Crippen molar-refractivity contribution in [1.82, 2.24) is 14.8 Å². The Balaban J connectivity index is 1.60. The average Bonchev–Trinajstić information content (AvgIpc) is 3.56. The number of ether oxygens (including phenoxy) is 1. The maximum Gasteiger partial charge on any atom is 0.277 e. The molecule has 2 aromatic carbocycles. The molecule has 1 fully saturated rings. The summed E-state index contributed by atoms with van der Waals surface area (Å²) in [6.07, 6.45) is 3.30. The van der Waals surface area contributed by atoms with Crippen molar-refractivity contribution in [2.24, 2.45) is 7.05 Å². The van der Waals surface area contributed by atoms with Gasteiger partial charge in [0, 0.05) is 30.1 Å². The minimum atomic E-state index is -0.845. The van der Waals surface area contributed by atoms with Crippen molar-refractivity contribution in [3.8, 4) is 11.5 Å². The van der Waals surface area contributed by atoms with Crippen LogP contribution in [0.3, 0.4) is 0 Å². The lowest BCUT2D eigenvalue weighted by molar-refractivity contribution is 0.103. The van der Waals surface area contributed by atoms with Crippen LogP contribution in [0.5, 0.6) is 11.5 Å². The summed E-state index contributed by atoms with van der Waals surface area (Å²) in [6, 6.07) is 9.62. The molecule has 0 amide bonds.